The molecule has 0 spiro atoms. The zero-order valence-electron chi connectivity index (χ0n) is 16.6. The Kier molecular flexibility index (Phi) is 6.92. The highest BCUT2D eigenvalue weighted by Crippen LogP contribution is 2.42. The molecule has 3 rings (SSSR count). The first-order chi connectivity index (χ1) is 13.1. The van der Waals surface area contributed by atoms with Crippen LogP contribution in [0.25, 0.3) is 0 Å². The van der Waals surface area contributed by atoms with E-state index in [9.17, 15) is 9.59 Å². The summed E-state index contributed by atoms with van der Waals surface area (Å²) in [5, 5.41) is 0. The third kappa shape index (κ3) is 5.12. The van der Waals surface area contributed by atoms with Crippen molar-refractivity contribution in [1.82, 2.24) is 0 Å². The number of esters is 2. The number of benzene rings is 1. The van der Waals surface area contributed by atoms with E-state index in [2.05, 4.69) is 11.7 Å². The van der Waals surface area contributed by atoms with Crippen molar-refractivity contribution in [2.24, 2.45) is 23.7 Å². The number of carbonyl (C=O) groups excluding carboxylic acids is 2. The summed E-state index contributed by atoms with van der Waals surface area (Å²) in [7, 11) is 1.35. The molecule has 0 unspecified atom stereocenters. The normalized spacial score (nSPS) is 28.4. The van der Waals surface area contributed by atoms with Gasteiger partial charge in [-0.2, -0.15) is 0 Å². The van der Waals surface area contributed by atoms with Crippen molar-refractivity contribution >= 4 is 11.9 Å². The maximum atomic E-state index is 12.5. The molecular weight excluding hydrogens is 340 g/mol. The second-order valence-electron chi connectivity index (χ2n) is 8.24. The largest absolute Gasteiger partial charge is 0.465 e. The lowest BCUT2D eigenvalue weighted by atomic mass is 9.69. The van der Waals surface area contributed by atoms with E-state index in [4.69, 9.17) is 4.74 Å². The van der Waals surface area contributed by atoms with Gasteiger partial charge in [0.1, 0.15) is 5.75 Å². The predicted octanol–water partition coefficient (Wildman–Crippen LogP) is 5.40. The highest BCUT2D eigenvalue weighted by atomic mass is 16.5. The molecule has 0 N–H and O–H groups in total. The number of hydrogen-bond donors (Lipinski definition) is 0. The molecule has 0 bridgehead atoms. The van der Waals surface area contributed by atoms with Crippen molar-refractivity contribution in [3.05, 3.63) is 29.8 Å². The topological polar surface area (TPSA) is 52.6 Å². The van der Waals surface area contributed by atoms with Gasteiger partial charge in [0.15, 0.2) is 0 Å². The molecule has 0 aromatic heterocycles. The third-order valence-corrected chi connectivity index (χ3v) is 6.73. The van der Waals surface area contributed by atoms with Gasteiger partial charge in [-0.15, -0.1) is 0 Å². The summed E-state index contributed by atoms with van der Waals surface area (Å²) in [6.07, 6.45) is 11.1. The molecule has 0 heterocycles. The number of rotatable bonds is 5. The van der Waals surface area contributed by atoms with Crippen LogP contribution >= 0.6 is 0 Å². The summed E-state index contributed by atoms with van der Waals surface area (Å²) >= 11 is 0. The van der Waals surface area contributed by atoms with Crippen LogP contribution in [0.3, 0.4) is 0 Å². The second-order valence-corrected chi connectivity index (χ2v) is 8.24. The molecule has 0 atom stereocenters. The van der Waals surface area contributed by atoms with Gasteiger partial charge in [-0.3, -0.25) is 4.79 Å². The fraction of sp³-hybridized carbons (Fsp3) is 0.652. The molecule has 148 valence electrons. The monoisotopic (exact) mass is 372 g/mol. The van der Waals surface area contributed by atoms with Crippen LogP contribution < -0.4 is 4.74 Å². The Morgan fingerprint density at radius 2 is 1.44 bits per heavy atom. The minimum atomic E-state index is -0.390. The van der Waals surface area contributed by atoms with Crippen molar-refractivity contribution in [3.8, 4) is 5.75 Å². The van der Waals surface area contributed by atoms with Crippen molar-refractivity contribution < 1.29 is 19.1 Å². The van der Waals surface area contributed by atoms with E-state index < -0.39 is 0 Å². The molecule has 0 radical (unpaired) electrons. The van der Waals surface area contributed by atoms with Crippen molar-refractivity contribution in [2.75, 3.05) is 7.11 Å². The molecule has 2 aliphatic carbocycles. The molecule has 27 heavy (non-hydrogen) atoms. The van der Waals surface area contributed by atoms with Gasteiger partial charge < -0.3 is 9.47 Å². The molecule has 4 nitrogen and oxygen atoms in total. The highest BCUT2D eigenvalue weighted by molar-refractivity contribution is 5.89. The molecule has 2 aliphatic rings. The summed E-state index contributed by atoms with van der Waals surface area (Å²) in [6, 6.07) is 6.56. The average Bonchev–Trinajstić information content (AvgIpc) is 2.74. The van der Waals surface area contributed by atoms with Gasteiger partial charge in [0.05, 0.1) is 18.6 Å². The smallest absolute Gasteiger partial charge is 0.337 e. The molecule has 0 saturated heterocycles. The Morgan fingerprint density at radius 1 is 0.889 bits per heavy atom. The number of methoxy groups -OCH3 is 1. The number of hydrogen-bond acceptors (Lipinski definition) is 4. The molecule has 4 heteroatoms. The van der Waals surface area contributed by atoms with Crippen LogP contribution in [0.5, 0.6) is 5.75 Å². The minimum Gasteiger partial charge on any atom is -0.465 e. The lowest BCUT2D eigenvalue weighted by Crippen LogP contribution is -2.30. The van der Waals surface area contributed by atoms with Gasteiger partial charge >= 0.3 is 11.9 Å². The summed E-state index contributed by atoms with van der Waals surface area (Å²) in [5.74, 6) is 2.59. The van der Waals surface area contributed by atoms with E-state index >= 15 is 0 Å². The molecule has 2 fully saturated rings. The predicted molar refractivity (Wildman–Crippen MR) is 105 cm³/mol. The molecular formula is C23H32O4. The summed E-state index contributed by atoms with van der Waals surface area (Å²) < 4.78 is 10.2. The first kappa shape index (κ1) is 19.9. The van der Waals surface area contributed by atoms with Crippen LogP contribution in [-0.2, 0) is 9.53 Å². The van der Waals surface area contributed by atoms with Gasteiger partial charge in [0.2, 0.25) is 0 Å². The quantitative estimate of drug-likeness (QED) is 0.513. The van der Waals surface area contributed by atoms with Crippen molar-refractivity contribution in [2.45, 2.75) is 64.7 Å². The Labute approximate surface area is 162 Å². The number of carbonyl (C=O) groups is 2. The Hall–Kier alpha value is -1.84. The zero-order chi connectivity index (χ0) is 19.2. The van der Waals surface area contributed by atoms with Gasteiger partial charge in [-0.25, -0.2) is 4.79 Å². The first-order valence-corrected chi connectivity index (χ1v) is 10.5. The Balaban J connectivity index is 1.45. The van der Waals surface area contributed by atoms with E-state index in [1.807, 2.05) is 0 Å². The minimum absolute atomic E-state index is 0.00788. The van der Waals surface area contributed by atoms with Crippen LogP contribution in [0.2, 0.25) is 0 Å². The van der Waals surface area contributed by atoms with Gasteiger partial charge in [0, 0.05) is 0 Å². The van der Waals surface area contributed by atoms with E-state index in [-0.39, 0.29) is 17.9 Å². The first-order valence-electron chi connectivity index (χ1n) is 10.5. The molecule has 1 aromatic rings. The van der Waals surface area contributed by atoms with E-state index in [1.54, 1.807) is 24.3 Å². The second kappa shape index (κ2) is 9.38. The summed E-state index contributed by atoms with van der Waals surface area (Å²) in [5.41, 5.74) is 0.454. The van der Waals surface area contributed by atoms with E-state index in [1.165, 1.54) is 39.2 Å². The molecule has 0 aliphatic heterocycles. The van der Waals surface area contributed by atoms with Crippen LogP contribution in [0.1, 0.15) is 75.1 Å². The van der Waals surface area contributed by atoms with Crippen LogP contribution in [0.15, 0.2) is 24.3 Å². The number of ether oxygens (including phenoxy) is 2. The van der Waals surface area contributed by atoms with Crippen LogP contribution in [-0.4, -0.2) is 19.0 Å². The summed E-state index contributed by atoms with van der Waals surface area (Å²) in [6.45, 7) is 2.31. The van der Waals surface area contributed by atoms with E-state index in [0.29, 0.717) is 11.3 Å². The van der Waals surface area contributed by atoms with Gasteiger partial charge in [0.25, 0.3) is 0 Å². The molecule has 2 saturated carbocycles. The van der Waals surface area contributed by atoms with Gasteiger partial charge in [-0.1, -0.05) is 26.2 Å². The van der Waals surface area contributed by atoms with Crippen molar-refractivity contribution in [3.63, 3.8) is 0 Å². The van der Waals surface area contributed by atoms with Crippen LogP contribution in [0.4, 0.5) is 0 Å². The third-order valence-electron chi connectivity index (χ3n) is 6.73. The lowest BCUT2D eigenvalue weighted by Gasteiger charge is -2.37. The maximum absolute atomic E-state index is 12.5. The van der Waals surface area contributed by atoms with Crippen LogP contribution in [0, 0.1) is 23.7 Å². The fourth-order valence-electron chi connectivity index (χ4n) is 4.87. The lowest BCUT2D eigenvalue weighted by molar-refractivity contribution is -0.140. The Bertz CT molecular complexity index is 620. The molecule has 0 amide bonds. The zero-order valence-corrected chi connectivity index (χ0v) is 16.6. The standard InChI is InChI=1S/C23H32O4/c1-3-16-4-6-17(7-5-16)18-8-10-20(11-9-18)23(25)27-21-14-12-19(13-15-21)22(24)26-2/h12-18,20H,3-11H2,1-2H3. The summed E-state index contributed by atoms with van der Waals surface area (Å²) in [4.78, 5) is 24.0. The Morgan fingerprint density at radius 3 is 1.96 bits per heavy atom. The van der Waals surface area contributed by atoms with Crippen molar-refractivity contribution in [1.29, 1.82) is 0 Å². The van der Waals surface area contributed by atoms with E-state index in [0.717, 1.165) is 43.4 Å². The highest BCUT2D eigenvalue weighted by Gasteiger charge is 2.33. The fourth-order valence-corrected chi connectivity index (χ4v) is 4.87. The maximum Gasteiger partial charge on any atom is 0.337 e. The average molecular weight is 373 g/mol. The van der Waals surface area contributed by atoms with Gasteiger partial charge in [-0.05, 0) is 80.5 Å². The SMILES string of the molecule is CCC1CCC(C2CCC(C(=O)Oc3ccc(C(=O)OC)cc3)CC2)CC1. The molecule has 1 aromatic carbocycles.